The van der Waals surface area contributed by atoms with Crippen molar-refractivity contribution in [3.63, 3.8) is 0 Å². The molecule has 24 heavy (non-hydrogen) atoms. The molecule has 1 aromatic heterocycles. The highest BCUT2D eigenvalue weighted by molar-refractivity contribution is 7.90. The molecule has 130 valence electrons. The van der Waals surface area contributed by atoms with Gasteiger partial charge in [-0.15, -0.1) is 0 Å². The van der Waals surface area contributed by atoms with E-state index in [2.05, 4.69) is 15.1 Å². The number of piperidine rings is 1. The molecule has 1 atom stereocenters. The van der Waals surface area contributed by atoms with Crippen molar-refractivity contribution in [1.29, 1.82) is 0 Å². The third-order valence-corrected chi connectivity index (χ3v) is 5.83. The Kier molecular flexibility index (Phi) is 5.03. The quantitative estimate of drug-likeness (QED) is 0.858. The van der Waals surface area contributed by atoms with Crippen LogP contribution in [0.15, 0.2) is 41.6 Å². The molecule has 0 aliphatic carbocycles. The molecule has 0 bridgehead atoms. The number of nitrogens with one attached hydrogen (secondary N) is 1. The fraction of sp³-hybridized carbons (Fsp3) is 0.471. The van der Waals surface area contributed by atoms with E-state index < -0.39 is 15.9 Å². The SMILES string of the molecule is CS(=O)(=O)c1ccc([C@H](O)CN2CCC(c3cn[nH]c3)CC2)cc1. The van der Waals surface area contributed by atoms with Crippen molar-refractivity contribution < 1.29 is 13.5 Å². The van der Waals surface area contributed by atoms with Crippen LogP contribution in [0, 0.1) is 0 Å². The second-order valence-electron chi connectivity index (χ2n) is 6.46. The van der Waals surface area contributed by atoms with Crippen LogP contribution < -0.4 is 0 Å². The average Bonchev–Trinajstić information content (AvgIpc) is 3.09. The Hall–Kier alpha value is -1.70. The predicted octanol–water partition coefficient (Wildman–Crippen LogP) is 1.73. The van der Waals surface area contributed by atoms with Gasteiger partial charge in [-0.25, -0.2) is 8.42 Å². The maximum absolute atomic E-state index is 11.5. The molecular weight excluding hydrogens is 326 g/mol. The Bertz CT molecular complexity index is 749. The van der Waals surface area contributed by atoms with Gasteiger partial charge >= 0.3 is 0 Å². The number of aromatic nitrogens is 2. The number of likely N-dealkylation sites (tertiary alicyclic amines) is 1. The Labute approximate surface area is 142 Å². The lowest BCUT2D eigenvalue weighted by Crippen LogP contribution is -2.36. The zero-order chi connectivity index (χ0) is 17.2. The van der Waals surface area contributed by atoms with Gasteiger partial charge in [-0.2, -0.15) is 5.10 Å². The molecule has 2 N–H and O–H groups in total. The molecule has 1 saturated heterocycles. The normalized spacial score (nSPS) is 18.6. The highest BCUT2D eigenvalue weighted by Gasteiger charge is 2.23. The molecule has 6 nitrogen and oxygen atoms in total. The molecule has 1 aliphatic rings. The first-order chi connectivity index (χ1) is 11.4. The number of benzene rings is 1. The maximum Gasteiger partial charge on any atom is 0.175 e. The van der Waals surface area contributed by atoms with E-state index >= 15 is 0 Å². The Morgan fingerprint density at radius 2 is 1.96 bits per heavy atom. The number of hydrogen-bond acceptors (Lipinski definition) is 5. The van der Waals surface area contributed by atoms with Crippen LogP contribution in [-0.2, 0) is 9.84 Å². The van der Waals surface area contributed by atoms with Gasteiger partial charge in [-0.1, -0.05) is 12.1 Å². The van der Waals surface area contributed by atoms with E-state index in [1.54, 1.807) is 24.3 Å². The summed E-state index contributed by atoms with van der Waals surface area (Å²) in [6.45, 7) is 2.44. The summed E-state index contributed by atoms with van der Waals surface area (Å²) >= 11 is 0. The number of nitrogens with zero attached hydrogens (tertiary/aromatic N) is 2. The molecule has 0 amide bonds. The van der Waals surface area contributed by atoms with E-state index in [0.29, 0.717) is 12.5 Å². The first-order valence-electron chi connectivity index (χ1n) is 8.12. The number of aliphatic hydroxyl groups is 1. The van der Waals surface area contributed by atoms with Crippen LogP contribution in [0.2, 0.25) is 0 Å². The van der Waals surface area contributed by atoms with E-state index in [9.17, 15) is 13.5 Å². The van der Waals surface area contributed by atoms with E-state index in [1.807, 2.05) is 12.4 Å². The minimum absolute atomic E-state index is 0.277. The summed E-state index contributed by atoms with van der Waals surface area (Å²) < 4.78 is 23.0. The molecule has 0 spiro atoms. The average molecular weight is 349 g/mol. The number of aromatic amines is 1. The van der Waals surface area contributed by atoms with Gasteiger partial charge < -0.3 is 10.0 Å². The lowest BCUT2D eigenvalue weighted by atomic mass is 9.91. The van der Waals surface area contributed by atoms with Crippen LogP contribution in [0.4, 0.5) is 0 Å². The van der Waals surface area contributed by atoms with Crippen LogP contribution in [0.1, 0.15) is 36.0 Å². The molecule has 3 rings (SSSR count). The van der Waals surface area contributed by atoms with Gasteiger partial charge in [0, 0.05) is 19.0 Å². The molecule has 1 fully saturated rings. The highest BCUT2D eigenvalue weighted by atomic mass is 32.2. The number of H-pyrrole nitrogens is 1. The standard InChI is InChI=1S/C17H23N3O3S/c1-24(22,23)16-4-2-14(3-5-16)17(21)12-20-8-6-13(7-9-20)15-10-18-19-11-15/h2-5,10-11,13,17,21H,6-9,12H2,1H3,(H,18,19)/t17-/m1/s1. The van der Waals surface area contributed by atoms with Gasteiger partial charge in [0.1, 0.15) is 0 Å². The highest BCUT2D eigenvalue weighted by Crippen LogP contribution is 2.28. The fourth-order valence-electron chi connectivity index (χ4n) is 3.22. The zero-order valence-corrected chi connectivity index (χ0v) is 14.5. The van der Waals surface area contributed by atoms with Gasteiger partial charge in [-0.05, 0) is 55.1 Å². The van der Waals surface area contributed by atoms with Crippen LogP contribution >= 0.6 is 0 Å². The van der Waals surface area contributed by atoms with Crippen molar-refractivity contribution in [2.75, 3.05) is 25.9 Å². The largest absolute Gasteiger partial charge is 0.387 e. The summed E-state index contributed by atoms with van der Waals surface area (Å²) in [5.74, 6) is 0.534. The third-order valence-electron chi connectivity index (χ3n) is 4.70. The molecular formula is C17H23N3O3S. The predicted molar refractivity (Wildman–Crippen MR) is 91.5 cm³/mol. The first-order valence-corrected chi connectivity index (χ1v) is 10.0. The molecule has 0 radical (unpaired) electrons. The van der Waals surface area contributed by atoms with Gasteiger partial charge in [0.25, 0.3) is 0 Å². The molecule has 2 aromatic rings. The lowest BCUT2D eigenvalue weighted by Gasteiger charge is -2.32. The monoisotopic (exact) mass is 349 g/mol. The number of aliphatic hydroxyl groups excluding tert-OH is 1. The second kappa shape index (κ2) is 7.04. The van der Waals surface area contributed by atoms with Crippen molar-refractivity contribution in [2.24, 2.45) is 0 Å². The smallest absolute Gasteiger partial charge is 0.175 e. The van der Waals surface area contributed by atoms with Crippen molar-refractivity contribution in [1.82, 2.24) is 15.1 Å². The number of sulfone groups is 1. The van der Waals surface area contributed by atoms with Crippen molar-refractivity contribution in [3.8, 4) is 0 Å². The Balaban J connectivity index is 1.55. The third kappa shape index (κ3) is 4.03. The summed E-state index contributed by atoms with van der Waals surface area (Å²) in [7, 11) is -3.20. The summed E-state index contributed by atoms with van der Waals surface area (Å²) in [6, 6.07) is 6.50. The lowest BCUT2D eigenvalue weighted by molar-refractivity contribution is 0.0972. The first kappa shape index (κ1) is 17.1. The Morgan fingerprint density at radius 3 is 2.50 bits per heavy atom. The summed E-state index contributed by atoms with van der Waals surface area (Å²) in [5, 5.41) is 17.3. The van der Waals surface area contributed by atoms with E-state index in [-0.39, 0.29) is 4.90 Å². The van der Waals surface area contributed by atoms with E-state index in [4.69, 9.17) is 0 Å². The van der Waals surface area contributed by atoms with Crippen LogP contribution in [0.25, 0.3) is 0 Å². The zero-order valence-electron chi connectivity index (χ0n) is 13.7. The molecule has 0 saturated carbocycles. The van der Waals surface area contributed by atoms with Gasteiger partial charge in [0.2, 0.25) is 0 Å². The number of hydrogen-bond donors (Lipinski definition) is 2. The molecule has 1 aromatic carbocycles. The van der Waals surface area contributed by atoms with Gasteiger partial charge in [0.15, 0.2) is 9.84 Å². The van der Waals surface area contributed by atoms with Gasteiger partial charge in [-0.3, -0.25) is 5.10 Å². The fourth-order valence-corrected chi connectivity index (χ4v) is 3.85. The molecule has 1 aliphatic heterocycles. The minimum Gasteiger partial charge on any atom is -0.387 e. The van der Waals surface area contributed by atoms with Crippen LogP contribution in [-0.4, -0.2) is 54.5 Å². The number of β-amino-alcohol motifs (C(OH)–C–C–N with tert-alkyl or cyclic N) is 1. The molecule has 2 heterocycles. The summed E-state index contributed by atoms with van der Waals surface area (Å²) in [5.41, 5.74) is 2.01. The van der Waals surface area contributed by atoms with E-state index in [0.717, 1.165) is 31.5 Å². The van der Waals surface area contributed by atoms with Crippen LogP contribution in [0.3, 0.4) is 0 Å². The van der Waals surface area contributed by atoms with Crippen molar-refractivity contribution >= 4 is 9.84 Å². The second-order valence-corrected chi connectivity index (χ2v) is 8.48. The molecule has 0 unspecified atom stereocenters. The topological polar surface area (TPSA) is 86.3 Å². The van der Waals surface area contributed by atoms with E-state index in [1.165, 1.54) is 11.8 Å². The molecule has 7 heteroatoms. The maximum atomic E-state index is 11.5. The summed E-state index contributed by atoms with van der Waals surface area (Å²) in [6.07, 6.45) is 6.53. The Morgan fingerprint density at radius 1 is 1.29 bits per heavy atom. The van der Waals surface area contributed by atoms with Crippen molar-refractivity contribution in [3.05, 3.63) is 47.8 Å². The van der Waals surface area contributed by atoms with Gasteiger partial charge in [0.05, 0.1) is 17.2 Å². The minimum atomic E-state index is -3.20. The number of rotatable bonds is 5. The van der Waals surface area contributed by atoms with Crippen molar-refractivity contribution in [2.45, 2.75) is 29.8 Å². The summed E-state index contributed by atoms with van der Waals surface area (Å²) in [4.78, 5) is 2.53. The van der Waals surface area contributed by atoms with Crippen LogP contribution in [0.5, 0.6) is 0 Å².